The smallest absolute Gasteiger partial charge is 0.180 e. The molecule has 0 aliphatic rings. The SMILES string of the molecule is COc1ccc(CCc2noc3c(I)c(C)ccc23)cc1. The molecule has 21 heavy (non-hydrogen) atoms. The van der Waals surface area contributed by atoms with E-state index in [4.69, 9.17) is 9.26 Å². The number of fused-ring (bicyclic) bond motifs is 1. The number of ether oxygens (including phenoxy) is 1. The van der Waals surface area contributed by atoms with Gasteiger partial charge in [-0.2, -0.15) is 0 Å². The summed E-state index contributed by atoms with van der Waals surface area (Å²) in [7, 11) is 1.68. The highest BCUT2D eigenvalue weighted by molar-refractivity contribution is 14.1. The Kier molecular flexibility index (Phi) is 4.14. The van der Waals surface area contributed by atoms with Gasteiger partial charge in [-0.05, 0) is 71.7 Å². The Balaban J connectivity index is 1.80. The lowest BCUT2D eigenvalue weighted by Crippen LogP contribution is -1.93. The topological polar surface area (TPSA) is 35.3 Å². The molecule has 3 rings (SSSR count). The summed E-state index contributed by atoms with van der Waals surface area (Å²) in [4.78, 5) is 0. The Hall–Kier alpha value is -1.56. The van der Waals surface area contributed by atoms with Crippen molar-refractivity contribution in [1.82, 2.24) is 5.16 Å². The summed E-state index contributed by atoms with van der Waals surface area (Å²) in [6, 6.07) is 12.4. The number of hydrogen-bond acceptors (Lipinski definition) is 3. The molecule has 0 N–H and O–H groups in total. The van der Waals surface area contributed by atoms with Gasteiger partial charge in [0.2, 0.25) is 0 Å². The predicted molar refractivity (Wildman–Crippen MR) is 91.9 cm³/mol. The van der Waals surface area contributed by atoms with Crippen LogP contribution in [0.25, 0.3) is 11.0 Å². The van der Waals surface area contributed by atoms with Crippen molar-refractivity contribution in [2.45, 2.75) is 19.8 Å². The molecule has 0 spiro atoms. The number of halogens is 1. The number of nitrogens with zero attached hydrogens (tertiary/aromatic N) is 1. The summed E-state index contributed by atoms with van der Waals surface area (Å²) in [5.74, 6) is 0.885. The van der Waals surface area contributed by atoms with Crippen molar-refractivity contribution in [3.05, 3.63) is 56.8 Å². The molecule has 1 aromatic heterocycles. The van der Waals surface area contributed by atoms with Gasteiger partial charge in [0.15, 0.2) is 5.58 Å². The molecule has 3 aromatic rings. The molecule has 0 bridgehead atoms. The van der Waals surface area contributed by atoms with Crippen LogP contribution < -0.4 is 4.74 Å². The van der Waals surface area contributed by atoms with E-state index in [2.05, 4.69) is 58.9 Å². The molecule has 2 aromatic carbocycles. The predicted octanol–water partition coefficient (Wildman–Crippen LogP) is 4.53. The van der Waals surface area contributed by atoms with Crippen LogP contribution in [0.2, 0.25) is 0 Å². The summed E-state index contributed by atoms with van der Waals surface area (Å²) in [5, 5.41) is 5.37. The zero-order chi connectivity index (χ0) is 14.8. The number of methoxy groups -OCH3 is 1. The maximum Gasteiger partial charge on any atom is 0.180 e. The van der Waals surface area contributed by atoms with Crippen LogP contribution in [-0.2, 0) is 12.8 Å². The molecule has 0 radical (unpaired) electrons. The van der Waals surface area contributed by atoms with Gasteiger partial charge in [-0.15, -0.1) is 0 Å². The monoisotopic (exact) mass is 393 g/mol. The second-order valence-electron chi connectivity index (χ2n) is 5.05. The number of rotatable bonds is 4. The van der Waals surface area contributed by atoms with E-state index < -0.39 is 0 Å². The Labute approximate surface area is 137 Å². The van der Waals surface area contributed by atoms with Gasteiger partial charge in [-0.1, -0.05) is 23.4 Å². The Morgan fingerprint density at radius 2 is 1.86 bits per heavy atom. The first-order chi connectivity index (χ1) is 10.2. The molecule has 1 heterocycles. The Morgan fingerprint density at radius 3 is 2.57 bits per heavy atom. The lowest BCUT2D eigenvalue weighted by molar-refractivity contribution is 0.414. The lowest BCUT2D eigenvalue weighted by Gasteiger charge is -2.02. The molecular formula is C17H16INO2. The molecule has 4 heteroatoms. The molecule has 0 unspecified atom stereocenters. The number of hydrogen-bond donors (Lipinski definition) is 0. The van der Waals surface area contributed by atoms with E-state index in [9.17, 15) is 0 Å². The number of aryl methyl sites for hydroxylation is 3. The van der Waals surface area contributed by atoms with Gasteiger partial charge in [0.05, 0.1) is 16.4 Å². The highest BCUT2D eigenvalue weighted by Gasteiger charge is 2.12. The third kappa shape index (κ3) is 2.90. The highest BCUT2D eigenvalue weighted by atomic mass is 127. The second kappa shape index (κ2) is 6.05. The Bertz CT molecular complexity index is 762. The molecule has 0 atom stereocenters. The van der Waals surface area contributed by atoms with Gasteiger partial charge in [-0.25, -0.2) is 0 Å². The minimum atomic E-state index is 0.873. The lowest BCUT2D eigenvalue weighted by atomic mass is 10.1. The van der Waals surface area contributed by atoms with Gasteiger partial charge in [0.25, 0.3) is 0 Å². The van der Waals surface area contributed by atoms with Crippen molar-refractivity contribution in [1.29, 1.82) is 0 Å². The van der Waals surface area contributed by atoms with Crippen LogP contribution >= 0.6 is 22.6 Å². The van der Waals surface area contributed by atoms with Crippen LogP contribution in [0.15, 0.2) is 40.9 Å². The number of benzene rings is 2. The van der Waals surface area contributed by atoms with Crippen molar-refractivity contribution in [3.8, 4) is 5.75 Å². The third-order valence-electron chi connectivity index (χ3n) is 3.66. The summed E-state index contributed by atoms with van der Waals surface area (Å²) < 4.78 is 11.8. The van der Waals surface area contributed by atoms with Gasteiger partial charge in [-0.3, -0.25) is 0 Å². The standard InChI is InChI=1S/C17H16INO2/c1-11-3-9-14-15(19-21-17(14)16(11)18)10-6-12-4-7-13(20-2)8-5-12/h3-5,7-9H,6,10H2,1-2H3. The van der Waals surface area contributed by atoms with E-state index in [0.29, 0.717) is 0 Å². The molecule has 0 aliphatic heterocycles. The van der Waals surface area contributed by atoms with Gasteiger partial charge in [0, 0.05) is 5.39 Å². The average Bonchev–Trinajstić information content (AvgIpc) is 2.93. The van der Waals surface area contributed by atoms with Crippen molar-refractivity contribution < 1.29 is 9.26 Å². The number of aromatic nitrogens is 1. The fraction of sp³-hybridized carbons (Fsp3) is 0.235. The average molecular weight is 393 g/mol. The van der Waals surface area contributed by atoms with E-state index in [0.717, 1.165) is 38.8 Å². The molecule has 0 aliphatic carbocycles. The Morgan fingerprint density at radius 1 is 1.10 bits per heavy atom. The van der Waals surface area contributed by atoms with Crippen LogP contribution in [0.5, 0.6) is 5.75 Å². The first-order valence-electron chi connectivity index (χ1n) is 6.85. The molecule has 0 amide bonds. The first-order valence-corrected chi connectivity index (χ1v) is 7.93. The van der Waals surface area contributed by atoms with Gasteiger partial charge >= 0.3 is 0 Å². The van der Waals surface area contributed by atoms with E-state index in [1.807, 2.05) is 12.1 Å². The third-order valence-corrected chi connectivity index (χ3v) is 5.00. The second-order valence-corrected chi connectivity index (χ2v) is 6.13. The van der Waals surface area contributed by atoms with E-state index in [1.165, 1.54) is 11.1 Å². The van der Waals surface area contributed by atoms with E-state index in [-0.39, 0.29) is 0 Å². The van der Waals surface area contributed by atoms with Crippen molar-refractivity contribution in [2.75, 3.05) is 7.11 Å². The summed E-state index contributed by atoms with van der Waals surface area (Å²) >= 11 is 2.32. The van der Waals surface area contributed by atoms with Gasteiger partial charge in [0.1, 0.15) is 5.75 Å². The van der Waals surface area contributed by atoms with E-state index in [1.54, 1.807) is 7.11 Å². The maximum absolute atomic E-state index is 5.51. The maximum atomic E-state index is 5.51. The van der Waals surface area contributed by atoms with E-state index >= 15 is 0 Å². The summed E-state index contributed by atoms with van der Waals surface area (Å²) in [6.45, 7) is 2.08. The first kappa shape index (κ1) is 14.4. The molecule has 3 nitrogen and oxygen atoms in total. The van der Waals surface area contributed by atoms with Crippen LogP contribution in [-0.4, -0.2) is 12.3 Å². The van der Waals surface area contributed by atoms with Crippen LogP contribution in [0.4, 0.5) is 0 Å². The van der Waals surface area contributed by atoms with Crippen LogP contribution in [0.3, 0.4) is 0 Å². The normalized spacial score (nSPS) is 11.0. The summed E-state index contributed by atoms with van der Waals surface area (Å²) in [6.07, 6.45) is 1.81. The minimum absolute atomic E-state index is 0.873. The van der Waals surface area contributed by atoms with Crippen molar-refractivity contribution >= 4 is 33.6 Å². The molecule has 0 saturated heterocycles. The highest BCUT2D eigenvalue weighted by Crippen LogP contribution is 2.27. The van der Waals surface area contributed by atoms with Crippen molar-refractivity contribution in [3.63, 3.8) is 0 Å². The van der Waals surface area contributed by atoms with Gasteiger partial charge < -0.3 is 9.26 Å². The molecule has 0 saturated carbocycles. The molecular weight excluding hydrogens is 377 g/mol. The zero-order valence-corrected chi connectivity index (χ0v) is 14.2. The fourth-order valence-electron chi connectivity index (χ4n) is 2.36. The zero-order valence-electron chi connectivity index (χ0n) is 12.0. The summed E-state index contributed by atoms with van der Waals surface area (Å²) in [5.41, 5.74) is 4.42. The quantitative estimate of drug-likeness (QED) is 0.611. The molecule has 0 fully saturated rings. The molecule has 108 valence electrons. The largest absolute Gasteiger partial charge is 0.497 e. The van der Waals surface area contributed by atoms with Crippen LogP contribution in [0.1, 0.15) is 16.8 Å². The van der Waals surface area contributed by atoms with Crippen molar-refractivity contribution in [2.24, 2.45) is 0 Å². The fourth-order valence-corrected chi connectivity index (χ4v) is 2.92. The minimum Gasteiger partial charge on any atom is -0.497 e. The van der Waals surface area contributed by atoms with Crippen LogP contribution in [0, 0.1) is 10.5 Å².